The lowest BCUT2D eigenvalue weighted by molar-refractivity contribution is -0.126. The fourth-order valence-electron chi connectivity index (χ4n) is 4.15. The van der Waals surface area contributed by atoms with Crippen LogP contribution in [0.1, 0.15) is 50.5 Å². The molecule has 1 fully saturated rings. The molecule has 8 heteroatoms. The fraction of sp³-hybridized carbons (Fsp3) is 0.458. The van der Waals surface area contributed by atoms with Crippen molar-refractivity contribution >= 4 is 23.5 Å². The summed E-state index contributed by atoms with van der Waals surface area (Å²) in [6.07, 6.45) is 1.50. The first-order valence-corrected chi connectivity index (χ1v) is 10.8. The summed E-state index contributed by atoms with van der Waals surface area (Å²) in [5, 5.41) is 3.00. The largest absolute Gasteiger partial charge is 0.465 e. The lowest BCUT2D eigenvalue weighted by Crippen LogP contribution is -2.45. The number of esters is 1. The smallest absolute Gasteiger partial charge is 0.339 e. The molecule has 1 aliphatic heterocycles. The summed E-state index contributed by atoms with van der Waals surface area (Å²) in [4.78, 5) is 44.7. The number of nitrogens with one attached hydrogen (secondary N) is 2. The molecule has 1 atom stereocenters. The molecular weight excluding hydrogens is 408 g/mol. The second-order valence-corrected chi connectivity index (χ2v) is 8.49. The number of likely N-dealkylation sites (tertiary alicyclic amines) is 1. The highest BCUT2D eigenvalue weighted by Gasteiger charge is 2.31. The number of aromatic amines is 1. The van der Waals surface area contributed by atoms with E-state index < -0.39 is 5.97 Å². The number of H-pyrrole nitrogens is 1. The minimum atomic E-state index is -0.468. The maximum Gasteiger partial charge on any atom is 0.339 e. The molecule has 2 N–H and O–H groups in total. The molecule has 0 bridgehead atoms. The summed E-state index contributed by atoms with van der Waals surface area (Å²) < 4.78 is 4.83. The van der Waals surface area contributed by atoms with E-state index in [0.29, 0.717) is 42.1 Å². The molecule has 2 amide bonds. The van der Waals surface area contributed by atoms with Crippen molar-refractivity contribution in [3.63, 3.8) is 0 Å². The third-order valence-corrected chi connectivity index (χ3v) is 6.04. The summed E-state index contributed by atoms with van der Waals surface area (Å²) >= 11 is 0. The number of amides is 2. The van der Waals surface area contributed by atoms with Crippen LogP contribution in [0.4, 0.5) is 5.69 Å². The van der Waals surface area contributed by atoms with Crippen LogP contribution in [0, 0.1) is 19.8 Å². The maximum absolute atomic E-state index is 13.1. The van der Waals surface area contributed by atoms with E-state index in [2.05, 4.69) is 10.3 Å². The normalized spacial score (nSPS) is 15.9. The number of carbonyl (C=O) groups excluding carboxylic acids is 3. The number of piperidine rings is 1. The highest BCUT2D eigenvalue weighted by atomic mass is 16.5. The van der Waals surface area contributed by atoms with Gasteiger partial charge in [0.25, 0.3) is 5.91 Å². The van der Waals surface area contributed by atoms with E-state index in [1.807, 2.05) is 43.3 Å². The predicted molar refractivity (Wildman–Crippen MR) is 123 cm³/mol. The molecule has 2 aromatic rings. The Bertz CT molecular complexity index is 994. The van der Waals surface area contributed by atoms with Crippen molar-refractivity contribution < 1.29 is 19.1 Å². The number of carbonyl (C=O) groups is 3. The maximum atomic E-state index is 13.1. The van der Waals surface area contributed by atoms with Crippen molar-refractivity contribution in [2.75, 3.05) is 39.2 Å². The molecule has 1 unspecified atom stereocenters. The van der Waals surface area contributed by atoms with Crippen LogP contribution in [0.25, 0.3) is 0 Å². The monoisotopic (exact) mass is 440 g/mol. The second kappa shape index (κ2) is 9.89. The van der Waals surface area contributed by atoms with Crippen LogP contribution in [-0.4, -0.2) is 62.0 Å². The van der Waals surface area contributed by atoms with Crippen molar-refractivity contribution in [3.05, 3.63) is 52.3 Å². The number of methoxy groups -OCH3 is 1. The van der Waals surface area contributed by atoms with Gasteiger partial charge >= 0.3 is 5.97 Å². The van der Waals surface area contributed by atoms with Gasteiger partial charge in [0, 0.05) is 45.1 Å². The molecule has 1 aromatic carbocycles. The van der Waals surface area contributed by atoms with Crippen molar-refractivity contribution in [2.45, 2.75) is 33.2 Å². The molecule has 172 valence electrons. The van der Waals surface area contributed by atoms with Gasteiger partial charge in [0.15, 0.2) is 0 Å². The molecule has 1 aliphatic rings. The predicted octanol–water partition coefficient (Wildman–Crippen LogP) is 2.65. The molecule has 0 radical (unpaired) electrons. The van der Waals surface area contributed by atoms with Crippen LogP contribution in [0.15, 0.2) is 24.3 Å². The molecule has 0 aliphatic carbocycles. The first kappa shape index (κ1) is 23.4. The van der Waals surface area contributed by atoms with Gasteiger partial charge in [-0.25, -0.2) is 4.79 Å². The molecule has 0 saturated carbocycles. The van der Waals surface area contributed by atoms with E-state index >= 15 is 0 Å². The first-order valence-electron chi connectivity index (χ1n) is 10.8. The zero-order valence-corrected chi connectivity index (χ0v) is 19.4. The van der Waals surface area contributed by atoms with Gasteiger partial charge in [-0.2, -0.15) is 0 Å². The van der Waals surface area contributed by atoms with Gasteiger partial charge in [0.05, 0.1) is 18.6 Å². The number of anilines is 1. The number of aromatic nitrogens is 1. The van der Waals surface area contributed by atoms with E-state index in [9.17, 15) is 14.4 Å². The van der Waals surface area contributed by atoms with Gasteiger partial charge in [-0.1, -0.05) is 12.1 Å². The van der Waals surface area contributed by atoms with E-state index in [1.165, 1.54) is 7.11 Å². The number of hydrogen-bond donors (Lipinski definition) is 2. The van der Waals surface area contributed by atoms with Crippen LogP contribution in [0.5, 0.6) is 0 Å². The molecule has 3 rings (SSSR count). The van der Waals surface area contributed by atoms with E-state index in [-0.39, 0.29) is 17.7 Å². The first-order chi connectivity index (χ1) is 15.2. The Kier molecular flexibility index (Phi) is 7.22. The van der Waals surface area contributed by atoms with Crippen molar-refractivity contribution in [2.24, 2.45) is 5.92 Å². The number of aryl methyl sites for hydroxylation is 1. The Hall–Kier alpha value is -3.29. The molecule has 0 spiro atoms. The molecule has 1 saturated heterocycles. The number of nitrogens with zero attached hydrogens (tertiary/aromatic N) is 2. The summed E-state index contributed by atoms with van der Waals surface area (Å²) in [5.41, 5.74) is 4.08. The van der Waals surface area contributed by atoms with Gasteiger partial charge in [-0.05, 0) is 49.9 Å². The highest BCUT2D eigenvalue weighted by molar-refractivity contribution is 6.00. The molecule has 32 heavy (non-hydrogen) atoms. The quantitative estimate of drug-likeness (QED) is 0.674. The standard InChI is InChI=1S/C24H32N4O4/c1-15-20(24(31)32-5)16(2)26-21(15)23(30)28-12-6-7-18(14-28)22(29)25-13-17-8-10-19(11-9-17)27(3)4/h8-11,18,26H,6-7,12-14H2,1-5H3,(H,25,29). The second-order valence-electron chi connectivity index (χ2n) is 8.49. The van der Waals surface area contributed by atoms with Gasteiger partial charge < -0.3 is 24.8 Å². The van der Waals surface area contributed by atoms with Crippen LogP contribution in [0.3, 0.4) is 0 Å². The Morgan fingerprint density at radius 1 is 1.19 bits per heavy atom. The Labute approximate surface area is 188 Å². The zero-order valence-electron chi connectivity index (χ0n) is 19.4. The molecule has 8 nitrogen and oxygen atoms in total. The van der Waals surface area contributed by atoms with E-state index in [0.717, 1.165) is 24.1 Å². The number of rotatable bonds is 6. The van der Waals surface area contributed by atoms with Crippen molar-refractivity contribution in [1.82, 2.24) is 15.2 Å². The summed E-state index contributed by atoms with van der Waals surface area (Å²) in [6.45, 7) is 4.87. The lowest BCUT2D eigenvalue weighted by Gasteiger charge is -2.32. The molecule has 2 heterocycles. The molecular formula is C24H32N4O4. The SMILES string of the molecule is COC(=O)c1c(C)[nH]c(C(=O)N2CCCC(C(=O)NCc3ccc(N(C)C)cc3)C2)c1C. The van der Waals surface area contributed by atoms with Gasteiger partial charge in [0.1, 0.15) is 5.69 Å². The van der Waals surface area contributed by atoms with E-state index in [1.54, 1.807) is 18.7 Å². The summed E-state index contributed by atoms with van der Waals surface area (Å²) in [5.74, 6) is -0.971. The molecule has 1 aromatic heterocycles. The Morgan fingerprint density at radius 3 is 2.50 bits per heavy atom. The van der Waals surface area contributed by atoms with E-state index in [4.69, 9.17) is 4.74 Å². The zero-order chi connectivity index (χ0) is 23.4. The third-order valence-electron chi connectivity index (χ3n) is 6.04. The Morgan fingerprint density at radius 2 is 1.88 bits per heavy atom. The van der Waals surface area contributed by atoms with Crippen LogP contribution >= 0.6 is 0 Å². The minimum Gasteiger partial charge on any atom is -0.465 e. The van der Waals surface area contributed by atoms with Crippen molar-refractivity contribution in [1.29, 1.82) is 0 Å². The van der Waals surface area contributed by atoms with Crippen LogP contribution in [0.2, 0.25) is 0 Å². The average molecular weight is 441 g/mol. The van der Waals surface area contributed by atoms with Crippen molar-refractivity contribution in [3.8, 4) is 0 Å². The van der Waals surface area contributed by atoms with Gasteiger partial charge in [-0.3, -0.25) is 9.59 Å². The fourth-order valence-corrected chi connectivity index (χ4v) is 4.15. The highest BCUT2D eigenvalue weighted by Crippen LogP contribution is 2.24. The van der Waals surface area contributed by atoms with Crippen LogP contribution in [-0.2, 0) is 16.1 Å². The third kappa shape index (κ3) is 4.95. The topological polar surface area (TPSA) is 94.7 Å². The minimum absolute atomic E-state index is 0.0474. The Balaban J connectivity index is 1.63. The van der Waals surface area contributed by atoms with Crippen LogP contribution < -0.4 is 10.2 Å². The average Bonchev–Trinajstić information content (AvgIpc) is 3.10. The van der Waals surface area contributed by atoms with Gasteiger partial charge in [-0.15, -0.1) is 0 Å². The number of benzene rings is 1. The van der Waals surface area contributed by atoms with Gasteiger partial charge in [0.2, 0.25) is 5.91 Å². The number of hydrogen-bond acceptors (Lipinski definition) is 5. The summed E-state index contributed by atoms with van der Waals surface area (Å²) in [7, 11) is 5.29. The number of ether oxygens (including phenoxy) is 1. The lowest BCUT2D eigenvalue weighted by atomic mass is 9.96. The summed E-state index contributed by atoms with van der Waals surface area (Å²) in [6, 6.07) is 8.04.